The normalized spacial score (nSPS) is 27.2. The van der Waals surface area contributed by atoms with Crippen LogP contribution in [0.1, 0.15) is 60.8 Å². The number of hydrogen-bond acceptors (Lipinski definition) is 4. The average molecular weight is 686 g/mol. The Kier molecular flexibility index (Phi) is 8.05. The molecule has 0 bridgehead atoms. The fraction of sp³-hybridized carbons (Fsp3) is 0.533. The van der Waals surface area contributed by atoms with Crippen LogP contribution < -0.4 is 0 Å². The molecular weight excluding hydrogens is 657 g/mol. The molecule has 1 N–H and O–H groups in total. The molecule has 3 aliphatic rings. The second kappa shape index (κ2) is 10.9. The lowest BCUT2D eigenvalue weighted by molar-refractivity contribution is -0.348. The number of alkyl halides is 8. The van der Waals surface area contributed by atoms with Crippen molar-refractivity contribution in [2.45, 2.75) is 91.2 Å². The quantitative estimate of drug-likeness (QED) is 0.358. The van der Waals surface area contributed by atoms with Gasteiger partial charge in [-0.25, -0.2) is 21.6 Å². The zero-order chi connectivity index (χ0) is 34.3. The van der Waals surface area contributed by atoms with Crippen LogP contribution in [0.2, 0.25) is 0 Å². The highest BCUT2D eigenvalue weighted by Crippen LogP contribution is 2.57. The highest BCUT2D eigenvalue weighted by Gasteiger charge is 2.74. The summed E-state index contributed by atoms with van der Waals surface area (Å²) in [6.45, 7) is 0.953. The Morgan fingerprint density at radius 1 is 0.913 bits per heavy atom. The van der Waals surface area contributed by atoms with E-state index in [4.69, 9.17) is 0 Å². The van der Waals surface area contributed by atoms with Crippen LogP contribution in [0.5, 0.6) is 0 Å². The highest BCUT2D eigenvalue weighted by atomic mass is 32.2. The number of rotatable bonds is 5. The Labute approximate surface area is 257 Å². The van der Waals surface area contributed by atoms with Gasteiger partial charge in [-0.1, -0.05) is 24.3 Å². The molecule has 0 spiro atoms. The largest absolute Gasteiger partial charge is 0.481 e. The summed E-state index contributed by atoms with van der Waals surface area (Å²) >= 11 is 0. The van der Waals surface area contributed by atoms with Gasteiger partial charge in [-0.3, -0.25) is 9.59 Å². The molecule has 1 saturated carbocycles. The lowest BCUT2D eigenvalue weighted by Crippen LogP contribution is -2.56. The Hall–Kier alpha value is -3.30. The number of aryl methyl sites for hydroxylation is 2. The first kappa shape index (κ1) is 34.0. The Bertz CT molecular complexity index is 1670. The summed E-state index contributed by atoms with van der Waals surface area (Å²) in [7, 11) is -4.83. The Morgan fingerprint density at radius 3 is 2.07 bits per heavy atom. The second-order valence-electron chi connectivity index (χ2n) is 12.2. The number of carbonyl (C=O) groups excluding carboxylic acids is 1. The van der Waals surface area contributed by atoms with Crippen LogP contribution in [0, 0.1) is 18.7 Å². The van der Waals surface area contributed by atoms with Gasteiger partial charge in [-0.05, 0) is 80.7 Å². The Balaban J connectivity index is 1.66. The number of halogens is 9. The number of nitrogens with zero attached hydrogens (tertiary/aromatic N) is 1. The first-order valence-electron chi connectivity index (χ1n) is 14.3. The van der Waals surface area contributed by atoms with E-state index in [2.05, 4.69) is 0 Å². The van der Waals surface area contributed by atoms with E-state index >= 15 is 8.78 Å². The van der Waals surface area contributed by atoms with Crippen LogP contribution in [0.4, 0.5) is 39.5 Å². The Morgan fingerprint density at radius 2 is 1.52 bits per heavy atom. The van der Waals surface area contributed by atoms with Crippen LogP contribution in [0.25, 0.3) is 0 Å². The number of fused-ring (bicyclic) bond motifs is 3. The number of carbonyl (C=O) groups is 2. The van der Waals surface area contributed by atoms with Crippen LogP contribution in [-0.4, -0.2) is 60.9 Å². The standard InChI is InChI=1S/C30H28F9NO5S/c1-16-2-5-20(15-22(16)31)46(44,45)27-12-13-40(25(43)26(32)10-8-17(9-11-26)24(41)42)23(27)7-3-18-14-19(4-6-21(18)27)28(33,29(34,35)36)30(37,38)39/h2,4-6,14-15,17,23H,3,7-13H2,1H3,(H,41,42)/t17-,23?,26+,27?. The maximum Gasteiger partial charge on any atom is 0.435 e. The zero-order valence-corrected chi connectivity index (χ0v) is 24.9. The summed E-state index contributed by atoms with van der Waals surface area (Å²) in [5.74, 6) is -4.10. The van der Waals surface area contributed by atoms with Crippen molar-refractivity contribution in [2.75, 3.05) is 6.54 Å². The molecule has 2 aromatic rings. The molecule has 2 unspecified atom stereocenters. The van der Waals surface area contributed by atoms with Crippen molar-refractivity contribution in [1.82, 2.24) is 4.90 Å². The number of carboxylic acid groups (broad SMARTS) is 1. The third-order valence-corrected chi connectivity index (χ3v) is 12.3. The van der Waals surface area contributed by atoms with Crippen molar-refractivity contribution >= 4 is 21.7 Å². The smallest absolute Gasteiger partial charge is 0.435 e. The number of aliphatic carboxylic acids is 1. The first-order chi connectivity index (χ1) is 21.1. The maximum atomic E-state index is 16.1. The van der Waals surface area contributed by atoms with Gasteiger partial charge in [0.25, 0.3) is 5.91 Å². The third kappa shape index (κ3) is 4.88. The SMILES string of the molecule is Cc1ccc(S(=O)(=O)C23CCN(C(=O)[C@]4(F)CC[C@@H](C(=O)O)CC4)C2CCc2cc(C(F)(C(F)(F)F)C(F)(F)F)ccc23)cc1F. The molecule has 252 valence electrons. The van der Waals surface area contributed by atoms with E-state index in [1.54, 1.807) is 0 Å². The minimum atomic E-state index is -6.43. The van der Waals surface area contributed by atoms with Crippen LogP contribution in [0.15, 0.2) is 41.3 Å². The van der Waals surface area contributed by atoms with Gasteiger partial charge in [0, 0.05) is 12.1 Å². The van der Waals surface area contributed by atoms with Gasteiger partial charge in [0.05, 0.1) is 16.9 Å². The van der Waals surface area contributed by atoms with E-state index in [-0.39, 0.29) is 42.0 Å². The van der Waals surface area contributed by atoms with Gasteiger partial charge in [0.15, 0.2) is 15.5 Å². The fourth-order valence-corrected chi connectivity index (χ4v) is 9.60. The predicted octanol–water partition coefficient (Wildman–Crippen LogP) is 6.62. The van der Waals surface area contributed by atoms with Crippen LogP contribution in [-0.2, 0) is 36.3 Å². The predicted molar refractivity (Wildman–Crippen MR) is 143 cm³/mol. The summed E-state index contributed by atoms with van der Waals surface area (Å²) in [5.41, 5.74) is -10.8. The van der Waals surface area contributed by atoms with Crippen molar-refractivity contribution in [3.05, 3.63) is 64.5 Å². The molecule has 6 nitrogen and oxygen atoms in total. The van der Waals surface area contributed by atoms with Crippen molar-refractivity contribution in [3.63, 3.8) is 0 Å². The van der Waals surface area contributed by atoms with Crippen LogP contribution >= 0.6 is 0 Å². The van der Waals surface area contributed by atoms with Crippen molar-refractivity contribution in [3.8, 4) is 0 Å². The number of sulfone groups is 1. The van der Waals surface area contributed by atoms with Gasteiger partial charge < -0.3 is 10.0 Å². The molecule has 2 fully saturated rings. The van der Waals surface area contributed by atoms with Gasteiger partial charge in [-0.2, -0.15) is 26.3 Å². The maximum absolute atomic E-state index is 16.1. The lowest BCUT2D eigenvalue weighted by Gasteiger charge is -2.44. The van der Waals surface area contributed by atoms with E-state index in [0.717, 1.165) is 17.0 Å². The molecule has 46 heavy (non-hydrogen) atoms. The molecule has 2 atom stereocenters. The fourth-order valence-electron chi connectivity index (χ4n) is 7.22. The number of likely N-dealkylation sites (tertiary alicyclic amines) is 1. The van der Waals surface area contributed by atoms with Crippen molar-refractivity contribution in [2.24, 2.45) is 5.92 Å². The summed E-state index contributed by atoms with van der Waals surface area (Å²) in [5, 5.41) is 9.27. The first-order valence-corrected chi connectivity index (χ1v) is 15.8. The summed E-state index contributed by atoms with van der Waals surface area (Å²) in [6.07, 6.45) is -15.4. The number of hydrogen-bond donors (Lipinski definition) is 1. The van der Waals surface area contributed by atoms with Gasteiger partial charge in [0.1, 0.15) is 10.6 Å². The molecule has 2 aliphatic carbocycles. The summed E-state index contributed by atoms with van der Waals surface area (Å²) in [4.78, 5) is 25.5. The van der Waals surface area contributed by atoms with Crippen LogP contribution in [0.3, 0.4) is 0 Å². The highest BCUT2D eigenvalue weighted by molar-refractivity contribution is 7.92. The monoisotopic (exact) mass is 685 g/mol. The van der Waals surface area contributed by atoms with E-state index in [1.165, 1.54) is 6.92 Å². The van der Waals surface area contributed by atoms with E-state index in [0.29, 0.717) is 18.2 Å². The van der Waals surface area contributed by atoms with Gasteiger partial charge in [-0.15, -0.1) is 0 Å². The molecule has 0 radical (unpaired) electrons. The molecule has 16 heteroatoms. The molecule has 1 saturated heterocycles. The average Bonchev–Trinajstić information content (AvgIpc) is 3.38. The number of carboxylic acids is 1. The zero-order valence-electron chi connectivity index (χ0n) is 24.1. The lowest BCUT2D eigenvalue weighted by atomic mass is 9.76. The van der Waals surface area contributed by atoms with E-state index in [9.17, 15) is 53.8 Å². The summed E-state index contributed by atoms with van der Waals surface area (Å²) in [6, 6.07) is 2.70. The van der Waals surface area contributed by atoms with E-state index in [1.807, 2.05) is 0 Å². The molecule has 5 rings (SSSR count). The van der Waals surface area contributed by atoms with Gasteiger partial charge >= 0.3 is 24.0 Å². The summed E-state index contributed by atoms with van der Waals surface area (Å²) < 4.78 is 154. The minimum absolute atomic E-state index is 0.0693. The second-order valence-corrected chi connectivity index (χ2v) is 14.4. The number of amides is 1. The van der Waals surface area contributed by atoms with Crippen molar-refractivity contribution in [1.29, 1.82) is 0 Å². The third-order valence-electron chi connectivity index (χ3n) is 9.77. The van der Waals surface area contributed by atoms with E-state index < -0.39 is 111 Å². The topological polar surface area (TPSA) is 91.8 Å². The van der Waals surface area contributed by atoms with Crippen molar-refractivity contribution < 1.29 is 62.6 Å². The molecule has 0 aromatic heterocycles. The minimum Gasteiger partial charge on any atom is -0.481 e. The van der Waals surface area contributed by atoms with Gasteiger partial charge in [0.2, 0.25) is 0 Å². The number of benzene rings is 2. The molecular formula is C30H28F9NO5S. The molecule has 2 aromatic carbocycles. The molecule has 1 heterocycles. The molecule has 1 aliphatic heterocycles. The molecule has 1 amide bonds.